The fraction of sp³-hybridized carbons (Fsp3) is 0.118. The van der Waals surface area contributed by atoms with Gasteiger partial charge >= 0.3 is 5.97 Å². The van der Waals surface area contributed by atoms with Crippen molar-refractivity contribution in [1.82, 2.24) is 4.57 Å². The van der Waals surface area contributed by atoms with Crippen molar-refractivity contribution in [3.8, 4) is 17.0 Å². The first-order valence-corrected chi connectivity index (χ1v) is 6.77. The quantitative estimate of drug-likeness (QED) is 0.769. The van der Waals surface area contributed by atoms with Gasteiger partial charge in [-0.05, 0) is 30.7 Å². The Labute approximate surface area is 121 Å². The molecule has 0 aliphatic rings. The second kappa shape index (κ2) is 4.98. The van der Waals surface area contributed by atoms with Gasteiger partial charge in [0.2, 0.25) is 0 Å². The van der Waals surface area contributed by atoms with Crippen molar-refractivity contribution in [2.24, 2.45) is 0 Å². The standard InChI is InChI=1S/C17H15NO3/c1-2-18-14-9-8-12(19)10-13(14)15(17(20)21)16(18)11-6-4-3-5-7-11/h3-10,19H,2H2,1H3,(H,20,21). The van der Waals surface area contributed by atoms with Gasteiger partial charge in [-0.25, -0.2) is 4.79 Å². The van der Waals surface area contributed by atoms with E-state index in [0.717, 1.165) is 11.1 Å². The fourth-order valence-electron chi connectivity index (χ4n) is 2.78. The normalized spacial score (nSPS) is 10.9. The summed E-state index contributed by atoms with van der Waals surface area (Å²) in [4.78, 5) is 11.8. The lowest BCUT2D eigenvalue weighted by molar-refractivity contribution is 0.0699. The number of phenolic OH excluding ortho intramolecular Hbond substituents is 1. The van der Waals surface area contributed by atoms with Crippen molar-refractivity contribution in [1.29, 1.82) is 0 Å². The summed E-state index contributed by atoms with van der Waals surface area (Å²) in [6.45, 7) is 2.63. The molecule has 21 heavy (non-hydrogen) atoms. The number of carboxylic acid groups (broad SMARTS) is 1. The molecule has 0 saturated heterocycles. The van der Waals surface area contributed by atoms with Crippen LogP contribution in [0.15, 0.2) is 48.5 Å². The number of carboxylic acids is 1. The lowest BCUT2D eigenvalue weighted by atomic mass is 10.1. The summed E-state index contributed by atoms with van der Waals surface area (Å²) in [5.41, 5.74) is 2.57. The number of benzene rings is 2. The highest BCUT2D eigenvalue weighted by Crippen LogP contribution is 2.35. The monoisotopic (exact) mass is 281 g/mol. The Balaban J connectivity index is 2.47. The van der Waals surface area contributed by atoms with Crippen LogP contribution >= 0.6 is 0 Å². The molecule has 0 radical (unpaired) electrons. The minimum Gasteiger partial charge on any atom is -0.508 e. The van der Waals surface area contributed by atoms with E-state index in [1.807, 2.05) is 41.8 Å². The third-order valence-corrected chi connectivity index (χ3v) is 3.62. The minimum absolute atomic E-state index is 0.0675. The van der Waals surface area contributed by atoms with Crippen LogP contribution in [-0.4, -0.2) is 20.7 Å². The number of aromatic hydroxyl groups is 1. The van der Waals surface area contributed by atoms with E-state index < -0.39 is 5.97 Å². The Morgan fingerprint density at radius 2 is 1.86 bits per heavy atom. The topological polar surface area (TPSA) is 62.5 Å². The first-order chi connectivity index (χ1) is 10.1. The van der Waals surface area contributed by atoms with Crippen LogP contribution in [0, 0.1) is 0 Å². The van der Waals surface area contributed by atoms with Gasteiger partial charge in [0.25, 0.3) is 0 Å². The summed E-state index contributed by atoms with van der Waals surface area (Å²) in [7, 11) is 0. The van der Waals surface area contributed by atoms with Gasteiger partial charge < -0.3 is 14.8 Å². The van der Waals surface area contributed by atoms with E-state index in [0.29, 0.717) is 17.6 Å². The molecule has 0 bridgehead atoms. The predicted molar refractivity (Wildman–Crippen MR) is 81.7 cm³/mol. The maximum atomic E-state index is 11.8. The average molecular weight is 281 g/mol. The van der Waals surface area contributed by atoms with Gasteiger partial charge in [-0.3, -0.25) is 0 Å². The van der Waals surface area contributed by atoms with Crippen molar-refractivity contribution < 1.29 is 15.0 Å². The number of hydrogen-bond acceptors (Lipinski definition) is 2. The highest BCUT2D eigenvalue weighted by molar-refractivity contribution is 6.10. The molecule has 0 fully saturated rings. The van der Waals surface area contributed by atoms with E-state index in [9.17, 15) is 15.0 Å². The van der Waals surface area contributed by atoms with Crippen LogP contribution in [-0.2, 0) is 6.54 Å². The summed E-state index contributed by atoms with van der Waals surface area (Å²) in [6.07, 6.45) is 0. The van der Waals surface area contributed by atoms with E-state index in [1.54, 1.807) is 12.1 Å². The zero-order chi connectivity index (χ0) is 15.0. The smallest absolute Gasteiger partial charge is 0.338 e. The maximum Gasteiger partial charge on any atom is 0.338 e. The molecule has 2 aromatic carbocycles. The number of rotatable bonds is 3. The van der Waals surface area contributed by atoms with E-state index in [4.69, 9.17) is 0 Å². The lowest BCUT2D eigenvalue weighted by Gasteiger charge is -2.09. The number of aromatic carboxylic acids is 1. The van der Waals surface area contributed by atoms with E-state index in [2.05, 4.69) is 0 Å². The van der Waals surface area contributed by atoms with Gasteiger partial charge in [-0.2, -0.15) is 0 Å². The molecule has 0 amide bonds. The van der Waals surface area contributed by atoms with Crippen molar-refractivity contribution in [3.63, 3.8) is 0 Å². The predicted octanol–water partition coefficient (Wildman–Crippen LogP) is 3.73. The van der Waals surface area contributed by atoms with Gasteiger partial charge in [0.15, 0.2) is 0 Å². The molecular weight excluding hydrogens is 266 g/mol. The molecule has 0 atom stereocenters. The van der Waals surface area contributed by atoms with Gasteiger partial charge in [0.1, 0.15) is 5.75 Å². The van der Waals surface area contributed by atoms with Crippen molar-refractivity contribution >= 4 is 16.9 Å². The minimum atomic E-state index is -0.989. The highest BCUT2D eigenvalue weighted by Gasteiger charge is 2.22. The van der Waals surface area contributed by atoms with Gasteiger partial charge in [-0.15, -0.1) is 0 Å². The second-order valence-electron chi connectivity index (χ2n) is 4.84. The molecule has 1 aromatic heterocycles. The summed E-state index contributed by atoms with van der Waals surface area (Å²) >= 11 is 0. The largest absolute Gasteiger partial charge is 0.508 e. The van der Waals surface area contributed by atoms with Crippen LogP contribution < -0.4 is 0 Å². The maximum absolute atomic E-state index is 11.8. The molecular formula is C17H15NO3. The Hall–Kier alpha value is -2.75. The van der Waals surface area contributed by atoms with E-state index in [-0.39, 0.29) is 11.3 Å². The number of carbonyl (C=O) groups is 1. The van der Waals surface area contributed by atoms with Crippen molar-refractivity contribution in [2.45, 2.75) is 13.5 Å². The van der Waals surface area contributed by atoms with Crippen LogP contribution in [0.1, 0.15) is 17.3 Å². The fourth-order valence-corrected chi connectivity index (χ4v) is 2.78. The Morgan fingerprint density at radius 1 is 1.14 bits per heavy atom. The molecule has 0 aliphatic carbocycles. The third kappa shape index (κ3) is 2.05. The number of fused-ring (bicyclic) bond motifs is 1. The Kier molecular flexibility index (Phi) is 3.14. The number of nitrogens with zero attached hydrogens (tertiary/aromatic N) is 1. The molecule has 4 nitrogen and oxygen atoms in total. The summed E-state index contributed by atoms with van der Waals surface area (Å²) in [5.74, 6) is -0.922. The number of aromatic nitrogens is 1. The Morgan fingerprint density at radius 3 is 2.48 bits per heavy atom. The number of phenols is 1. The van der Waals surface area contributed by atoms with Gasteiger partial charge in [0.05, 0.1) is 11.3 Å². The molecule has 0 saturated carbocycles. The van der Waals surface area contributed by atoms with Crippen molar-refractivity contribution in [2.75, 3.05) is 0 Å². The molecule has 0 unspecified atom stereocenters. The first-order valence-electron chi connectivity index (χ1n) is 6.77. The highest BCUT2D eigenvalue weighted by atomic mass is 16.4. The molecule has 0 aliphatic heterocycles. The first kappa shape index (κ1) is 13.2. The van der Waals surface area contributed by atoms with Crippen LogP contribution in [0.3, 0.4) is 0 Å². The molecule has 0 spiro atoms. The second-order valence-corrected chi connectivity index (χ2v) is 4.84. The summed E-state index contributed by atoms with van der Waals surface area (Å²) in [6, 6.07) is 14.3. The molecule has 4 heteroatoms. The van der Waals surface area contributed by atoms with E-state index in [1.165, 1.54) is 6.07 Å². The van der Waals surface area contributed by atoms with Crippen LogP contribution in [0.4, 0.5) is 0 Å². The molecule has 3 rings (SSSR count). The number of aryl methyl sites for hydroxylation is 1. The Bertz CT molecular complexity index is 819. The van der Waals surface area contributed by atoms with Crippen LogP contribution in [0.2, 0.25) is 0 Å². The molecule has 2 N–H and O–H groups in total. The van der Waals surface area contributed by atoms with E-state index >= 15 is 0 Å². The zero-order valence-corrected chi connectivity index (χ0v) is 11.6. The summed E-state index contributed by atoms with van der Waals surface area (Å²) < 4.78 is 1.97. The summed E-state index contributed by atoms with van der Waals surface area (Å²) in [5, 5.41) is 19.9. The lowest BCUT2D eigenvalue weighted by Crippen LogP contribution is -2.02. The molecule has 106 valence electrons. The number of hydrogen-bond donors (Lipinski definition) is 2. The van der Waals surface area contributed by atoms with Crippen LogP contribution in [0.25, 0.3) is 22.2 Å². The third-order valence-electron chi connectivity index (χ3n) is 3.62. The SMILES string of the molecule is CCn1c(-c2ccccc2)c(C(=O)O)c2cc(O)ccc21. The van der Waals surface area contributed by atoms with Gasteiger partial charge in [-0.1, -0.05) is 30.3 Å². The van der Waals surface area contributed by atoms with Gasteiger partial charge in [0, 0.05) is 17.4 Å². The van der Waals surface area contributed by atoms with Crippen LogP contribution in [0.5, 0.6) is 5.75 Å². The molecule has 3 aromatic rings. The van der Waals surface area contributed by atoms with Crippen molar-refractivity contribution in [3.05, 3.63) is 54.1 Å². The molecule has 1 heterocycles. The average Bonchev–Trinajstić information content (AvgIpc) is 2.81. The zero-order valence-electron chi connectivity index (χ0n) is 11.6.